The Kier molecular flexibility index (Phi) is 7.96. The molecule has 3 fully saturated rings. The Bertz CT molecular complexity index is 687. The third-order valence-electron chi connectivity index (χ3n) is 8.90. The molecule has 1 saturated heterocycles. The first-order chi connectivity index (χ1) is 14.3. The van der Waals surface area contributed by atoms with Crippen molar-refractivity contribution in [1.29, 1.82) is 0 Å². The second kappa shape index (κ2) is 9.92. The zero-order chi connectivity index (χ0) is 21.8. The molecule has 3 rings (SSSR count). The van der Waals surface area contributed by atoms with Crippen LogP contribution < -0.4 is 0 Å². The second-order valence-electron chi connectivity index (χ2n) is 10.9. The highest BCUT2D eigenvalue weighted by Gasteiger charge is 2.72. The highest BCUT2D eigenvalue weighted by atomic mass is 32.2. The van der Waals surface area contributed by atoms with Gasteiger partial charge in [0.2, 0.25) is 15.9 Å². The maximum atomic E-state index is 12.9. The Morgan fingerprint density at radius 3 is 1.97 bits per heavy atom. The number of fused-ring (bicyclic) bond motifs is 1. The van der Waals surface area contributed by atoms with E-state index in [4.69, 9.17) is 0 Å². The van der Waals surface area contributed by atoms with Crippen molar-refractivity contribution in [1.82, 2.24) is 4.31 Å². The lowest BCUT2D eigenvalue weighted by molar-refractivity contribution is -0.129. The zero-order valence-corrected chi connectivity index (χ0v) is 20.6. The second-order valence-corrected chi connectivity index (χ2v) is 12.8. The number of amides is 1. The maximum absolute atomic E-state index is 12.9. The number of nitrogens with zero attached hydrogens (tertiary/aromatic N) is 1. The van der Waals surface area contributed by atoms with Gasteiger partial charge >= 0.3 is 0 Å². The summed E-state index contributed by atoms with van der Waals surface area (Å²) in [6.45, 7) is 6.73. The van der Waals surface area contributed by atoms with Gasteiger partial charge in [-0.3, -0.25) is 4.79 Å². The predicted molar refractivity (Wildman–Crippen MR) is 124 cm³/mol. The number of carbonyl (C=O) groups excluding carboxylic acids is 1. The van der Waals surface area contributed by atoms with E-state index < -0.39 is 10.0 Å². The van der Waals surface area contributed by atoms with Gasteiger partial charge in [-0.25, -0.2) is 12.7 Å². The van der Waals surface area contributed by atoms with Gasteiger partial charge in [0.1, 0.15) is 0 Å². The topological polar surface area (TPSA) is 54.5 Å². The maximum Gasteiger partial charge on any atom is 0.238 e. The number of hydrogen-bond donors (Lipinski definition) is 0. The van der Waals surface area contributed by atoms with Gasteiger partial charge in [-0.05, 0) is 37.0 Å². The summed E-state index contributed by atoms with van der Waals surface area (Å²) >= 11 is 0. The average molecular weight is 440 g/mol. The van der Waals surface area contributed by atoms with E-state index in [0.29, 0.717) is 12.3 Å². The molecule has 4 nitrogen and oxygen atoms in total. The Morgan fingerprint density at radius 2 is 1.43 bits per heavy atom. The summed E-state index contributed by atoms with van der Waals surface area (Å²) in [4.78, 5) is 12.9. The molecule has 1 aliphatic heterocycles. The van der Waals surface area contributed by atoms with Crippen molar-refractivity contribution in [2.75, 3.05) is 5.75 Å². The van der Waals surface area contributed by atoms with E-state index in [-0.39, 0.29) is 28.5 Å². The van der Waals surface area contributed by atoms with Crippen LogP contribution in [0.25, 0.3) is 0 Å². The van der Waals surface area contributed by atoms with E-state index >= 15 is 0 Å². The molecule has 3 atom stereocenters. The number of rotatable bonds is 13. The minimum absolute atomic E-state index is 0.0375. The normalized spacial score (nSPS) is 30.7. The van der Waals surface area contributed by atoms with Gasteiger partial charge in [-0.15, -0.1) is 0 Å². The lowest BCUT2D eigenvalue weighted by atomic mass is 9.69. The molecule has 0 aromatic heterocycles. The molecule has 0 aromatic rings. The van der Waals surface area contributed by atoms with Crippen molar-refractivity contribution in [3.8, 4) is 0 Å². The monoisotopic (exact) mass is 439 g/mol. The zero-order valence-electron chi connectivity index (χ0n) is 19.8. The molecular formula is C25H45NO3S. The molecule has 1 amide bonds. The third kappa shape index (κ3) is 4.61. The Balaban J connectivity index is 1.33. The highest BCUT2D eigenvalue weighted by Crippen LogP contribution is 2.70. The first kappa shape index (κ1) is 24.1. The summed E-state index contributed by atoms with van der Waals surface area (Å²) in [5.41, 5.74) is -0.154. The Hall–Kier alpha value is -0.580. The fourth-order valence-electron chi connectivity index (χ4n) is 6.84. The minimum atomic E-state index is -3.44. The van der Waals surface area contributed by atoms with Gasteiger partial charge < -0.3 is 0 Å². The van der Waals surface area contributed by atoms with Crippen LogP contribution in [0, 0.1) is 16.7 Å². The molecule has 2 saturated carbocycles. The summed E-state index contributed by atoms with van der Waals surface area (Å²) in [5, 5.41) is 0. The molecule has 2 bridgehead atoms. The van der Waals surface area contributed by atoms with Crippen LogP contribution in [0.3, 0.4) is 0 Å². The third-order valence-corrected chi connectivity index (χ3v) is 10.8. The van der Waals surface area contributed by atoms with Crippen molar-refractivity contribution in [3.05, 3.63) is 0 Å². The van der Waals surface area contributed by atoms with E-state index in [1.807, 2.05) is 0 Å². The Labute approximate surface area is 185 Å². The van der Waals surface area contributed by atoms with Crippen molar-refractivity contribution in [2.45, 2.75) is 130 Å². The molecule has 0 radical (unpaired) electrons. The first-order valence-corrected chi connectivity index (χ1v) is 14.4. The Morgan fingerprint density at radius 1 is 0.900 bits per heavy atom. The van der Waals surface area contributed by atoms with E-state index in [0.717, 1.165) is 32.1 Å². The molecule has 1 spiro atoms. The van der Waals surface area contributed by atoms with Crippen LogP contribution in [0.2, 0.25) is 0 Å². The molecular weight excluding hydrogens is 394 g/mol. The molecule has 174 valence electrons. The lowest BCUT2D eigenvalue weighted by Gasteiger charge is -2.37. The van der Waals surface area contributed by atoms with Crippen LogP contribution in [0.4, 0.5) is 0 Å². The molecule has 2 aliphatic carbocycles. The number of unbranched alkanes of at least 4 members (excludes halogenated alkanes) is 11. The van der Waals surface area contributed by atoms with Gasteiger partial charge in [0.05, 0.1) is 11.8 Å². The lowest BCUT2D eigenvalue weighted by Crippen LogP contribution is -2.44. The minimum Gasteiger partial charge on any atom is -0.274 e. The van der Waals surface area contributed by atoms with Gasteiger partial charge in [0, 0.05) is 11.8 Å². The standard InChI is InChI=1S/C25H45NO3S/c1-4-5-6-7-8-9-10-11-12-13-14-15-16-23(27)26-22-19-21-17-18-25(22,24(21,2)3)20-30(26,28)29/h21-22H,4-20H2,1-3H3/t21-,22-,25-/m1/s1. The van der Waals surface area contributed by atoms with Crippen LogP contribution in [0.5, 0.6) is 0 Å². The van der Waals surface area contributed by atoms with E-state index in [1.54, 1.807) is 0 Å². The number of hydrogen-bond acceptors (Lipinski definition) is 3. The largest absolute Gasteiger partial charge is 0.274 e. The molecule has 30 heavy (non-hydrogen) atoms. The van der Waals surface area contributed by atoms with Gasteiger partial charge in [0.25, 0.3) is 0 Å². The molecule has 1 heterocycles. The van der Waals surface area contributed by atoms with Gasteiger partial charge in [-0.2, -0.15) is 0 Å². The van der Waals surface area contributed by atoms with Gasteiger partial charge in [0.15, 0.2) is 0 Å². The van der Waals surface area contributed by atoms with E-state index in [2.05, 4.69) is 20.8 Å². The van der Waals surface area contributed by atoms with Gasteiger partial charge in [-0.1, -0.05) is 91.4 Å². The van der Waals surface area contributed by atoms with Crippen molar-refractivity contribution < 1.29 is 13.2 Å². The highest BCUT2D eigenvalue weighted by molar-refractivity contribution is 7.90. The van der Waals surface area contributed by atoms with E-state index in [1.165, 1.54) is 68.5 Å². The molecule has 0 N–H and O–H groups in total. The van der Waals surface area contributed by atoms with Crippen LogP contribution >= 0.6 is 0 Å². The fraction of sp³-hybridized carbons (Fsp3) is 0.960. The average Bonchev–Trinajstić information content (AvgIpc) is 3.16. The molecule has 0 unspecified atom stereocenters. The summed E-state index contributed by atoms with van der Waals surface area (Å²) < 4.78 is 27.2. The van der Waals surface area contributed by atoms with Crippen LogP contribution in [-0.2, 0) is 14.8 Å². The quantitative estimate of drug-likeness (QED) is 0.310. The SMILES string of the molecule is CCCCCCCCCCCCCCC(=O)N1[C@@H]2C[C@H]3CC[C@]2(CS1(=O)=O)C3(C)C. The molecule has 5 heteroatoms. The van der Waals surface area contributed by atoms with Crippen molar-refractivity contribution in [3.63, 3.8) is 0 Å². The van der Waals surface area contributed by atoms with E-state index in [9.17, 15) is 13.2 Å². The van der Waals surface area contributed by atoms with Crippen molar-refractivity contribution >= 4 is 15.9 Å². The van der Waals surface area contributed by atoms with Crippen molar-refractivity contribution in [2.24, 2.45) is 16.7 Å². The van der Waals surface area contributed by atoms with Crippen LogP contribution in [0.1, 0.15) is 124 Å². The number of carbonyl (C=O) groups is 1. The molecule has 3 aliphatic rings. The summed E-state index contributed by atoms with van der Waals surface area (Å²) in [6, 6.07) is -0.0684. The number of sulfonamides is 1. The molecule has 0 aromatic carbocycles. The summed E-state index contributed by atoms with van der Waals surface area (Å²) in [5.74, 6) is 0.630. The summed E-state index contributed by atoms with van der Waals surface area (Å²) in [6.07, 6.45) is 18.5. The van der Waals surface area contributed by atoms with Crippen LogP contribution in [0.15, 0.2) is 0 Å². The van der Waals surface area contributed by atoms with Crippen LogP contribution in [-0.4, -0.2) is 30.4 Å². The predicted octanol–water partition coefficient (Wildman–Crippen LogP) is 6.44. The first-order valence-electron chi connectivity index (χ1n) is 12.8. The smallest absolute Gasteiger partial charge is 0.238 e. The fourth-order valence-corrected chi connectivity index (χ4v) is 9.42. The summed E-state index contributed by atoms with van der Waals surface area (Å²) in [7, 11) is -3.44.